The second-order valence-electron chi connectivity index (χ2n) is 4.22. The van der Waals surface area contributed by atoms with Gasteiger partial charge in [-0.2, -0.15) is 4.59 Å². The van der Waals surface area contributed by atoms with Crippen molar-refractivity contribution in [1.82, 2.24) is 0 Å². The molecule has 0 aliphatic rings. The van der Waals surface area contributed by atoms with Crippen LogP contribution in [0.15, 0.2) is 18.2 Å². The lowest BCUT2D eigenvalue weighted by Crippen LogP contribution is -2.54. The summed E-state index contributed by atoms with van der Waals surface area (Å²) in [5.74, 6) is 0.0812. The molecule has 4 nitrogen and oxygen atoms in total. The minimum absolute atomic E-state index is 0.0812. The van der Waals surface area contributed by atoms with Gasteiger partial charge >= 0.3 is 5.96 Å². The standard InChI is InChI=1S/C11H19N4/c1-8-6-5-7-9(2)10(8)14-15(3,4)11(12)13/h5-7,14H,1-4H3,(H3,12,13)/q+1. The van der Waals surface area contributed by atoms with E-state index in [9.17, 15) is 0 Å². The van der Waals surface area contributed by atoms with Crippen LogP contribution in [-0.4, -0.2) is 24.6 Å². The Bertz CT molecular complexity index is 362. The summed E-state index contributed by atoms with van der Waals surface area (Å²) in [6.07, 6.45) is 0. The first-order chi connectivity index (χ1) is 6.84. The van der Waals surface area contributed by atoms with Crippen molar-refractivity contribution in [3.8, 4) is 0 Å². The van der Waals surface area contributed by atoms with Gasteiger partial charge in [-0.05, 0) is 25.0 Å². The van der Waals surface area contributed by atoms with Crippen LogP contribution in [0.5, 0.6) is 0 Å². The molecule has 15 heavy (non-hydrogen) atoms. The second kappa shape index (κ2) is 3.90. The van der Waals surface area contributed by atoms with E-state index in [4.69, 9.17) is 11.1 Å². The molecule has 0 unspecified atom stereocenters. The van der Waals surface area contributed by atoms with Gasteiger partial charge < -0.3 is 5.73 Å². The third-order valence-corrected chi connectivity index (χ3v) is 2.47. The number of rotatable bonds is 2. The largest absolute Gasteiger partial charge is 0.336 e. The monoisotopic (exact) mass is 207 g/mol. The smallest absolute Gasteiger partial charge is 0.316 e. The van der Waals surface area contributed by atoms with Crippen molar-refractivity contribution < 1.29 is 4.59 Å². The molecule has 0 saturated carbocycles. The summed E-state index contributed by atoms with van der Waals surface area (Å²) < 4.78 is 0.158. The van der Waals surface area contributed by atoms with Crippen molar-refractivity contribution >= 4 is 11.6 Å². The molecule has 1 aromatic carbocycles. The van der Waals surface area contributed by atoms with Crippen molar-refractivity contribution in [2.45, 2.75) is 13.8 Å². The van der Waals surface area contributed by atoms with Crippen molar-refractivity contribution in [2.24, 2.45) is 5.73 Å². The van der Waals surface area contributed by atoms with Gasteiger partial charge in [-0.3, -0.25) is 0 Å². The first kappa shape index (κ1) is 11.5. The van der Waals surface area contributed by atoms with Gasteiger partial charge in [0.05, 0.1) is 19.8 Å². The van der Waals surface area contributed by atoms with Crippen molar-refractivity contribution in [3.63, 3.8) is 0 Å². The Morgan fingerprint density at radius 2 is 1.73 bits per heavy atom. The van der Waals surface area contributed by atoms with Gasteiger partial charge in [0.2, 0.25) is 0 Å². The Labute approximate surface area is 90.8 Å². The molecule has 82 valence electrons. The zero-order valence-corrected chi connectivity index (χ0v) is 9.76. The van der Waals surface area contributed by atoms with E-state index in [-0.39, 0.29) is 10.6 Å². The summed E-state index contributed by atoms with van der Waals surface area (Å²) in [6.45, 7) is 4.07. The lowest BCUT2D eigenvalue weighted by molar-refractivity contribution is -0.777. The second-order valence-corrected chi connectivity index (χ2v) is 4.22. The maximum absolute atomic E-state index is 7.47. The van der Waals surface area contributed by atoms with Gasteiger partial charge in [0.15, 0.2) is 0 Å². The van der Waals surface area contributed by atoms with Crippen LogP contribution in [0.25, 0.3) is 0 Å². The van der Waals surface area contributed by atoms with E-state index in [1.807, 2.05) is 46.1 Å². The van der Waals surface area contributed by atoms with Gasteiger partial charge in [0, 0.05) is 0 Å². The number of nitrogens with one attached hydrogen (secondary N) is 2. The highest BCUT2D eigenvalue weighted by atomic mass is 15.7. The maximum atomic E-state index is 7.47. The SMILES string of the molecule is Cc1cccc(C)c1N[N+](C)(C)C(=N)N. The Morgan fingerprint density at radius 1 is 1.27 bits per heavy atom. The molecule has 0 radical (unpaired) electrons. The number of hydrogen-bond donors (Lipinski definition) is 3. The molecular weight excluding hydrogens is 188 g/mol. The van der Waals surface area contributed by atoms with Gasteiger partial charge in [-0.1, -0.05) is 18.2 Å². The average molecular weight is 207 g/mol. The highest BCUT2D eigenvalue weighted by Gasteiger charge is 2.21. The fraction of sp³-hybridized carbons (Fsp3) is 0.364. The molecule has 0 heterocycles. The van der Waals surface area contributed by atoms with E-state index in [0.717, 1.165) is 16.8 Å². The molecule has 4 heteroatoms. The molecule has 0 atom stereocenters. The molecule has 0 saturated heterocycles. The Morgan fingerprint density at radius 3 is 2.13 bits per heavy atom. The first-order valence-corrected chi connectivity index (χ1v) is 4.87. The number of benzene rings is 1. The van der Waals surface area contributed by atoms with E-state index in [1.165, 1.54) is 0 Å². The van der Waals surface area contributed by atoms with Gasteiger partial charge in [0.25, 0.3) is 0 Å². The molecule has 0 fully saturated rings. The van der Waals surface area contributed by atoms with Crippen LogP contribution in [0.1, 0.15) is 11.1 Å². The van der Waals surface area contributed by atoms with Gasteiger partial charge in [-0.25, -0.2) is 10.8 Å². The summed E-state index contributed by atoms with van der Waals surface area (Å²) in [5, 5.41) is 7.47. The molecule has 0 spiro atoms. The third-order valence-electron chi connectivity index (χ3n) is 2.47. The fourth-order valence-corrected chi connectivity index (χ4v) is 1.33. The lowest BCUT2D eigenvalue weighted by Gasteiger charge is -2.28. The summed E-state index contributed by atoms with van der Waals surface area (Å²) in [4.78, 5) is 0. The lowest BCUT2D eigenvalue weighted by atomic mass is 10.1. The maximum Gasteiger partial charge on any atom is 0.316 e. The molecule has 0 amide bonds. The normalized spacial score (nSPS) is 11.2. The number of para-hydroxylation sites is 1. The van der Waals surface area contributed by atoms with Crippen LogP contribution in [0.2, 0.25) is 0 Å². The van der Waals surface area contributed by atoms with Crippen LogP contribution in [0, 0.1) is 19.3 Å². The summed E-state index contributed by atoms with van der Waals surface area (Å²) >= 11 is 0. The molecule has 0 aliphatic carbocycles. The predicted octanol–water partition coefficient (Wildman–Crippen LogP) is 1.60. The number of hydrogen-bond acceptors (Lipinski definition) is 2. The highest BCUT2D eigenvalue weighted by molar-refractivity contribution is 5.68. The van der Waals surface area contributed by atoms with Crippen LogP contribution < -0.4 is 11.2 Å². The number of nitrogens with zero attached hydrogens (tertiary/aromatic N) is 1. The molecule has 0 aliphatic heterocycles. The minimum atomic E-state index is 0.0812. The minimum Gasteiger partial charge on any atom is -0.336 e. The topological polar surface area (TPSA) is 61.9 Å². The summed E-state index contributed by atoms with van der Waals surface area (Å²) in [5.41, 5.74) is 12.1. The zero-order chi connectivity index (χ0) is 11.6. The van der Waals surface area contributed by atoms with Crippen molar-refractivity contribution in [2.75, 3.05) is 19.5 Å². The number of guanidine groups is 1. The van der Waals surface area contributed by atoms with E-state index in [1.54, 1.807) is 0 Å². The third kappa shape index (κ3) is 2.47. The van der Waals surface area contributed by atoms with Crippen molar-refractivity contribution in [1.29, 1.82) is 5.41 Å². The van der Waals surface area contributed by atoms with Crippen LogP contribution in [-0.2, 0) is 0 Å². The summed E-state index contributed by atoms with van der Waals surface area (Å²) in [6, 6.07) is 6.09. The number of anilines is 1. The summed E-state index contributed by atoms with van der Waals surface area (Å²) in [7, 11) is 3.68. The molecule has 1 aromatic rings. The predicted molar refractivity (Wildman–Crippen MR) is 63.6 cm³/mol. The Hall–Kier alpha value is -1.55. The van der Waals surface area contributed by atoms with Crippen molar-refractivity contribution in [3.05, 3.63) is 29.3 Å². The first-order valence-electron chi connectivity index (χ1n) is 4.87. The average Bonchev–Trinajstić information content (AvgIpc) is 2.11. The van der Waals surface area contributed by atoms with Gasteiger partial charge in [0.1, 0.15) is 0 Å². The quantitative estimate of drug-likeness (QED) is 0.298. The number of aryl methyl sites for hydroxylation is 2. The van der Waals surface area contributed by atoms with Crippen LogP contribution in [0.3, 0.4) is 0 Å². The molecule has 1 rings (SSSR count). The zero-order valence-electron chi connectivity index (χ0n) is 9.76. The van der Waals surface area contributed by atoms with Crippen LogP contribution in [0.4, 0.5) is 5.69 Å². The van der Waals surface area contributed by atoms with E-state index in [2.05, 4.69) is 5.43 Å². The fourth-order valence-electron chi connectivity index (χ4n) is 1.33. The van der Waals surface area contributed by atoms with Crippen LogP contribution >= 0.6 is 0 Å². The van der Waals surface area contributed by atoms with E-state index in [0.29, 0.717) is 0 Å². The number of quaternary nitrogens is 1. The Balaban J connectivity index is 3.04. The Kier molecular flexibility index (Phi) is 3.00. The molecule has 4 N–H and O–H groups in total. The molecule has 0 bridgehead atoms. The molecule has 0 aromatic heterocycles. The number of nitrogens with two attached hydrogens (primary N) is 1. The van der Waals surface area contributed by atoms with E-state index >= 15 is 0 Å². The van der Waals surface area contributed by atoms with Gasteiger partial charge in [-0.15, -0.1) is 0 Å². The molecular formula is C11H19N4+. The van der Waals surface area contributed by atoms with E-state index < -0.39 is 0 Å². The highest BCUT2D eigenvalue weighted by Crippen LogP contribution is 2.21.